The molecule has 0 aliphatic heterocycles. The Labute approximate surface area is 387 Å². The molecule has 6 aromatic rings. The third kappa shape index (κ3) is 12.0. The summed E-state index contributed by atoms with van der Waals surface area (Å²) in [4.78, 5) is 57.4. The van der Waals surface area contributed by atoms with Crippen molar-refractivity contribution in [1.82, 2.24) is 61.0 Å². The number of anilines is 6. The zero-order valence-corrected chi connectivity index (χ0v) is 38.7. The van der Waals surface area contributed by atoms with E-state index >= 15 is 0 Å². The quantitative estimate of drug-likeness (QED) is 0.0502. The van der Waals surface area contributed by atoms with Crippen LogP contribution in [0, 0.1) is 11.8 Å². The zero-order valence-electron chi connectivity index (χ0n) is 36.5. The first-order valence-corrected chi connectivity index (χ1v) is 22.1. The lowest BCUT2D eigenvalue weighted by Crippen LogP contribution is -2.22. The predicted molar refractivity (Wildman–Crippen MR) is 251 cm³/mol. The number of nitrogens with one attached hydrogen (secondary N) is 7. The number of rotatable bonds is 15. The van der Waals surface area contributed by atoms with Crippen molar-refractivity contribution < 1.29 is 28.7 Å². The molecule has 0 radical (unpaired) electrons. The molecule has 2 aliphatic carbocycles. The lowest BCUT2D eigenvalue weighted by molar-refractivity contribution is -0.118. The van der Waals surface area contributed by atoms with Gasteiger partial charge in [-0.05, 0) is 61.3 Å². The van der Waals surface area contributed by atoms with Crippen LogP contribution in [-0.2, 0) is 16.1 Å². The van der Waals surface area contributed by atoms with Gasteiger partial charge < -0.3 is 41.4 Å². The van der Waals surface area contributed by atoms with Crippen molar-refractivity contribution in [2.45, 2.75) is 46.1 Å². The summed E-state index contributed by atoms with van der Waals surface area (Å²) >= 11 is 2.29. The van der Waals surface area contributed by atoms with E-state index in [0.717, 1.165) is 25.7 Å². The standard InChI is InChI=1S/C21H24N8O3.C19H20N8O3.C2H5I/c1-4-29-11-23-19(28-29)13-6-5-7-14(18(13)32-3)24-15-10-16(25-20(30)12-8-9-12)26-27-17(15)21(31)22-2;1-20-19(29)15-13(8-14(25-26-15)24-18(28)10-6-7-10)23-12-5-3-4-11(16(12)30-2)17-21-9-22-27-17;1-2-3/h5-7,10-12H,4,8-9H2,1-3H3,(H,22,31)(H2,24,25,26,30);3-5,8-10H,6-7H2,1-2H3,(H,20,29)(H,21,22,27)(H2,23,24,25,28);2H2,1H3. The van der Waals surface area contributed by atoms with Crippen LogP contribution in [0.15, 0.2) is 61.2 Å². The van der Waals surface area contributed by atoms with Crippen molar-refractivity contribution in [1.29, 1.82) is 0 Å². The largest absolute Gasteiger partial charge is 0.494 e. The van der Waals surface area contributed by atoms with Gasteiger partial charge in [-0.3, -0.25) is 29.0 Å². The van der Waals surface area contributed by atoms with Gasteiger partial charge in [0.25, 0.3) is 11.8 Å². The second-order valence-electron chi connectivity index (χ2n) is 14.2. The number of aromatic amines is 1. The highest BCUT2D eigenvalue weighted by molar-refractivity contribution is 14.1. The number of aromatic nitrogens is 10. The molecule has 23 heteroatoms. The van der Waals surface area contributed by atoms with Crippen LogP contribution in [0.25, 0.3) is 22.8 Å². The van der Waals surface area contributed by atoms with Crippen LogP contribution in [0.5, 0.6) is 11.5 Å². The Bertz CT molecular complexity index is 2620. The fourth-order valence-electron chi connectivity index (χ4n) is 6.09. The highest BCUT2D eigenvalue weighted by Gasteiger charge is 2.31. The molecule has 0 bridgehead atoms. The molecule has 2 aromatic carbocycles. The SMILES string of the molecule is CCI.CCn1cnc(-c2cccc(Nc3cc(NC(=O)C4CC4)nnc3C(=O)NC)c2OC)n1.CNC(=O)c1nnc(NC(=O)C2CC2)cc1Nc1cccc(-c2ncn[nH]2)c1OC. The van der Waals surface area contributed by atoms with E-state index < -0.39 is 11.8 Å². The molecule has 4 amide bonds. The van der Waals surface area contributed by atoms with Gasteiger partial charge in [-0.2, -0.15) is 10.2 Å². The molecular weight excluding hydrogens is 951 g/mol. The van der Waals surface area contributed by atoms with Crippen molar-refractivity contribution >= 4 is 80.6 Å². The summed E-state index contributed by atoms with van der Waals surface area (Å²) in [5, 5.41) is 44.0. The number of methoxy groups -OCH3 is 2. The summed E-state index contributed by atoms with van der Waals surface area (Å²) in [5.74, 6) is 1.55. The van der Waals surface area contributed by atoms with Crippen LogP contribution in [-0.4, -0.2) is 107 Å². The third-order valence-corrected chi connectivity index (χ3v) is 9.62. The van der Waals surface area contributed by atoms with Gasteiger partial charge in [0.05, 0.1) is 48.1 Å². The molecule has 340 valence electrons. The van der Waals surface area contributed by atoms with Crippen molar-refractivity contribution in [2.24, 2.45) is 11.8 Å². The fourth-order valence-corrected chi connectivity index (χ4v) is 6.09. The number of carbonyl (C=O) groups excluding carboxylic acids is 4. The maximum absolute atomic E-state index is 12.4. The third-order valence-electron chi connectivity index (χ3n) is 9.62. The Morgan fingerprint density at radius 1 is 0.723 bits per heavy atom. The molecule has 2 aliphatic rings. The number of halogens is 1. The van der Waals surface area contributed by atoms with Crippen LogP contribution in [0.3, 0.4) is 0 Å². The van der Waals surface area contributed by atoms with E-state index in [1.165, 1.54) is 32.0 Å². The number of carbonyl (C=O) groups is 4. The minimum Gasteiger partial charge on any atom is -0.494 e. The van der Waals surface area contributed by atoms with Crippen molar-refractivity contribution in [3.8, 4) is 34.3 Å². The molecule has 4 aromatic heterocycles. The Kier molecular flexibility index (Phi) is 16.2. The second-order valence-corrected chi connectivity index (χ2v) is 15.7. The molecule has 0 spiro atoms. The van der Waals surface area contributed by atoms with Gasteiger partial charge in [0.1, 0.15) is 12.7 Å². The molecule has 2 saturated carbocycles. The van der Waals surface area contributed by atoms with E-state index in [1.54, 1.807) is 42.4 Å². The summed E-state index contributed by atoms with van der Waals surface area (Å²) in [5.41, 5.74) is 3.42. The Balaban J connectivity index is 0.000000204. The Morgan fingerprint density at radius 2 is 1.22 bits per heavy atom. The topological polar surface area (TPSA) is 283 Å². The lowest BCUT2D eigenvalue weighted by Gasteiger charge is -2.16. The number of amides is 4. The first-order valence-electron chi connectivity index (χ1n) is 20.6. The Morgan fingerprint density at radius 3 is 1.63 bits per heavy atom. The maximum Gasteiger partial charge on any atom is 0.273 e. The van der Waals surface area contributed by atoms with Crippen LogP contribution in [0.1, 0.15) is 60.5 Å². The molecule has 0 saturated heterocycles. The monoisotopic (exact) mass is 1000 g/mol. The molecule has 7 N–H and O–H groups in total. The number of H-pyrrole nitrogens is 1. The number of nitrogens with zero attached hydrogens (tertiary/aromatic N) is 9. The number of hydrogen-bond acceptors (Lipinski definition) is 16. The number of para-hydroxylation sites is 2. The molecule has 65 heavy (non-hydrogen) atoms. The maximum atomic E-state index is 12.4. The highest BCUT2D eigenvalue weighted by Crippen LogP contribution is 2.39. The van der Waals surface area contributed by atoms with Crippen molar-refractivity contribution in [3.05, 3.63) is 72.6 Å². The normalized spacial score (nSPS) is 12.5. The predicted octanol–water partition coefficient (Wildman–Crippen LogP) is 5.38. The van der Waals surface area contributed by atoms with Gasteiger partial charge in [0, 0.05) is 44.6 Å². The van der Waals surface area contributed by atoms with Gasteiger partial charge in [-0.1, -0.05) is 41.6 Å². The zero-order chi connectivity index (χ0) is 46.5. The van der Waals surface area contributed by atoms with E-state index in [0.29, 0.717) is 63.6 Å². The summed E-state index contributed by atoms with van der Waals surface area (Å²) in [7, 11) is 6.09. The second kappa shape index (κ2) is 22.4. The first kappa shape index (κ1) is 47.2. The molecule has 0 unspecified atom stereocenters. The van der Waals surface area contributed by atoms with Gasteiger partial charge in [-0.25, -0.2) is 9.97 Å². The van der Waals surface area contributed by atoms with E-state index in [2.05, 4.69) is 107 Å². The van der Waals surface area contributed by atoms with E-state index in [9.17, 15) is 19.2 Å². The van der Waals surface area contributed by atoms with Gasteiger partial charge in [-0.15, -0.1) is 20.4 Å². The van der Waals surface area contributed by atoms with E-state index in [4.69, 9.17) is 9.47 Å². The number of hydrogen-bond donors (Lipinski definition) is 7. The first-order chi connectivity index (χ1) is 31.5. The van der Waals surface area contributed by atoms with E-state index in [-0.39, 0.29) is 46.7 Å². The smallest absolute Gasteiger partial charge is 0.273 e. The minimum absolute atomic E-state index is 0.0130. The summed E-state index contributed by atoms with van der Waals surface area (Å²) < 4.78 is 14.2. The fraction of sp³-hybridized carbons (Fsp3) is 0.333. The van der Waals surface area contributed by atoms with Crippen LogP contribution < -0.4 is 41.4 Å². The van der Waals surface area contributed by atoms with Crippen LogP contribution >= 0.6 is 22.6 Å². The van der Waals surface area contributed by atoms with Crippen LogP contribution in [0.4, 0.5) is 34.4 Å². The highest BCUT2D eigenvalue weighted by atomic mass is 127. The number of ether oxygens (including phenoxy) is 2. The molecule has 8 rings (SSSR count). The van der Waals surface area contributed by atoms with Gasteiger partial charge >= 0.3 is 0 Å². The van der Waals surface area contributed by atoms with Crippen LogP contribution in [0.2, 0.25) is 0 Å². The van der Waals surface area contributed by atoms with Gasteiger partial charge in [0.15, 0.2) is 46.2 Å². The minimum atomic E-state index is -0.421. The van der Waals surface area contributed by atoms with Crippen molar-refractivity contribution in [2.75, 3.05) is 54.0 Å². The number of alkyl halides is 1. The number of aryl methyl sites for hydroxylation is 1. The lowest BCUT2D eigenvalue weighted by atomic mass is 10.1. The average molecular weight is 1000 g/mol. The van der Waals surface area contributed by atoms with E-state index in [1.807, 2.05) is 31.2 Å². The average Bonchev–Trinajstić information content (AvgIpc) is 4.25. The Hall–Kier alpha value is -7.31. The summed E-state index contributed by atoms with van der Waals surface area (Å²) in [6.07, 6.45) is 6.53. The molecule has 22 nitrogen and oxygen atoms in total. The molecule has 0 atom stereocenters. The molecular formula is C42H49IN16O6. The number of benzene rings is 2. The molecule has 4 heterocycles. The van der Waals surface area contributed by atoms with Gasteiger partial charge in [0.2, 0.25) is 11.8 Å². The van der Waals surface area contributed by atoms with Crippen molar-refractivity contribution in [3.63, 3.8) is 0 Å². The molecule has 2 fully saturated rings. The summed E-state index contributed by atoms with van der Waals surface area (Å²) in [6.45, 7) is 4.78. The summed E-state index contributed by atoms with van der Waals surface area (Å²) in [6, 6.07) is 14.1.